The molecule has 0 spiro atoms. The van der Waals surface area contributed by atoms with Crippen molar-refractivity contribution in [3.05, 3.63) is 115 Å². The Morgan fingerprint density at radius 2 is 1.06 bits per heavy atom. The standard InChI is InChI=1S/C34H27N/c1-34(2,3)24-16-18-25(19-17-24)35-31-21-23-11-5-4-10-22(23)20-30(31)32-28-14-8-6-12-26(28)27-13-7-9-15-29(27)33(32)35/h4-21H,1-3H3. The second kappa shape index (κ2) is 7.20. The second-order valence-electron chi connectivity index (χ2n) is 10.7. The van der Waals surface area contributed by atoms with E-state index in [9.17, 15) is 0 Å². The van der Waals surface area contributed by atoms with Crippen molar-refractivity contribution in [1.29, 1.82) is 0 Å². The van der Waals surface area contributed by atoms with E-state index in [1.165, 1.54) is 65.4 Å². The molecule has 0 aliphatic rings. The van der Waals surface area contributed by atoms with Crippen LogP contribution in [0.2, 0.25) is 0 Å². The Labute approximate surface area is 205 Å². The Hall–Kier alpha value is -4.10. The first-order chi connectivity index (χ1) is 17.0. The summed E-state index contributed by atoms with van der Waals surface area (Å²) in [5, 5.41) is 10.4. The second-order valence-corrected chi connectivity index (χ2v) is 10.7. The minimum atomic E-state index is 0.123. The Kier molecular flexibility index (Phi) is 4.17. The molecule has 1 nitrogen and oxygen atoms in total. The van der Waals surface area contributed by atoms with Gasteiger partial charge in [0.15, 0.2) is 0 Å². The molecule has 0 aliphatic carbocycles. The molecule has 35 heavy (non-hydrogen) atoms. The minimum absolute atomic E-state index is 0.123. The third kappa shape index (κ3) is 2.94. The zero-order valence-electron chi connectivity index (χ0n) is 20.3. The van der Waals surface area contributed by atoms with E-state index in [0.717, 1.165) is 0 Å². The third-order valence-corrected chi connectivity index (χ3v) is 7.49. The summed E-state index contributed by atoms with van der Waals surface area (Å²) in [5.74, 6) is 0. The number of rotatable bonds is 1. The van der Waals surface area contributed by atoms with Crippen LogP contribution in [0.4, 0.5) is 0 Å². The van der Waals surface area contributed by atoms with Gasteiger partial charge in [-0.05, 0) is 62.2 Å². The van der Waals surface area contributed by atoms with Crippen LogP contribution < -0.4 is 0 Å². The zero-order valence-corrected chi connectivity index (χ0v) is 20.3. The van der Waals surface area contributed by atoms with Crippen molar-refractivity contribution in [3.8, 4) is 5.69 Å². The predicted octanol–water partition coefficient (Wildman–Crippen LogP) is 9.54. The fourth-order valence-electron chi connectivity index (χ4n) is 5.74. The summed E-state index contributed by atoms with van der Waals surface area (Å²) < 4.78 is 2.48. The van der Waals surface area contributed by atoms with Gasteiger partial charge in [-0.2, -0.15) is 0 Å². The van der Waals surface area contributed by atoms with Gasteiger partial charge in [0.2, 0.25) is 0 Å². The van der Waals surface area contributed by atoms with Crippen molar-refractivity contribution in [3.63, 3.8) is 0 Å². The SMILES string of the molecule is CC(C)(C)c1ccc(-n2c3cc4ccccc4cc3c3c4ccccc4c4ccccc4c32)cc1. The smallest absolute Gasteiger partial charge is 0.0625 e. The van der Waals surface area contributed by atoms with E-state index in [1.807, 2.05) is 0 Å². The van der Waals surface area contributed by atoms with E-state index in [4.69, 9.17) is 0 Å². The van der Waals surface area contributed by atoms with Crippen molar-refractivity contribution in [1.82, 2.24) is 4.57 Å². The van der Waals surface area contributed by atoms with Crippen molar-refractivity contribution in [2.75, 3.05) is 0 Å². The van der Waals surface area contributed by atoms with E-state index >= 15 is 0 Å². The molecule has 0 radical (unpaired) electrons. The highest BCUT2D eigenvalue weighted by molar-refractivity contribution is 6.32. The van der Waals surface area contributed by atoms with Gasteiger partial charge < -0.3 is 4.57 Å². The summed E-state index contributed by atoms with van der Waals surface area (Å²) in [6.07, 6.45) is 0. The average molecular weight is 450 g/mol. The van der Waals surface area contributed by atoms with Gasteiger partial charge >= 0.3 is 0 Å². The van der Waals surface area contributed by atoms with Crippen molar-refractivity contribution < 1.29 is 0 Å². The summed E-state index contributed by atoms with van der Waals surface area (Å²) in [4.78, 5) is 0. The van der Waals surface area contributed by atoms with Gasteiger partial charge in [-0.1, -0.05) is 106 Å². The highest BCUT2D eigenvalue weighted by Crippen LogP contribution is 2.43. The molecule has 0 N–H and O–H groups in total. The number of hydrogen-bond acceptors (Lipinski definition) is 0. The molecule has 1 aromatic heterocycles. The molecule has 0 amide bonds. The summed E-state index contributed by atoms with van der Waals surface area (Å²) >= 11 is 0. The maximum atomic E-state index is 2.48. The number of fused-ring (bicyclic) bond motifs is 9. The van der Waals surface area contributed by atoms with Crippen LogP contribution in [0.15, 0.2) is 109 Å². The lowest BCUT2D eigenvalue weighted by Crippen LogP contribution is -2.10. The number of hydrogen-bond donors (Lipinski definition) is 0. The third-order valence-electron chi connectivity index (χ3n) is 7.49. The first kappa shape index (κ1) is 20.3. The maximum absolute atomic E-state index is 2.48. The van der Waals surface area contributed by atoms with E-state index in [-0.39, 0.29) is 5.41 Å². The Balaban J connectivity index is 1.74. The number of benzene rings is 6. The maximum Gasteiger partial charge on any atom is 0.0625 e. The first-order valence-electron chi connectivity index (χ1n) is 12.4. The average Bonchev–Trinajstić information content (AvgIpc) is 3.21. The monoisotopic (exact) mass is 449 g/mol. The van der Waals surface area contributed by atoms with Crippen LogP contribution in [-0.2, 0) is 5.41 Å². The van der Waals surface area contributed by atoms with Gasteiger partial charge in [0.05, 0.1) is 11.0 Å². The molecule has 168 valence electrons. The van der Waals surface area contributed by atoms with Crippen LogP contribution >= 0.6 is 0 Å². The van der Waals surface area contributed by atoms with Crippen molar-refractivity contribution >= 4 is 54.1 Å². The van der Waals surface area contributed by atoms with Gasteiger partial charge in [0.1, 0.15) is 0 Å². The zero-order chi connectivity index (χ0) is 23.7. The molecule has 6 aromatic carbocycles. The molecule has 7 aromatic rings. The van der Waals surface area contributed by atoms with Crippen LogP contribution in [-0.4, -0.2) is 4.57 Å². The van der Waals surface area contributed by atoms with Gasteiger partial charge in [0, 0.05) is 21.8 Å². The summed E-state index contributed by atoms with van der Waals surface area (Å²) in [5.41, 5.74) is 5.21. The molecule has 1 heteroatoms. The van der Waals surface area contributed by atoms with Crippen LogP contribution in [0, 0.1) is 0 Å². The minimum Gasteiger partial charge on any atom is -0.309 e. The molecule has 0 aliphatic heterocycles. The van der Waals surface area contributed by atoms with E-state index in [0.29, 0.717) is 0 Å². The summed E-state index contributed by atoms with van der Waals surface area (Å²) in [6, 6.07) is 40.3. The highest BCUT2D eigenvalue weighted by Gasteiger charge is 2.20. The highest BCUT2D eigenvalue weighted by atomic mass is 15.0. The van der Waals surface area contributed by atoms with Crippen LogP contribution in [0.25, 0.3) is 59.8 Å². The molecule has 0 bridgehead atoms. The Morgan fingerprint density at radius 3 is 1.71 bits per heavy atom. The summed E-state index contributed by atoms with van der Waals surface area (Å²) in [6.45, 7) is 6.82. The Morgan fingerprint density at radius 1 is 0.514 bits per heavy atom. The van der Waals surface area contributed by atoms with E-state index < -0.39 is 0 Å². The van der Waals surface area contributed by atoms with Gasteiger partial charge in [-0.25, -0.2) is 0 Å². The molecule has 0 fully saturated rings. The van der Waals surface area contributed by atoms with Crippen molar-refractivity contribution in [2.24, 2.45) is 0 Å². The van der Waals surface area contributed by atoms with Crippen molar-refractivity contribution in [2.45, 2.75) is 26.2 Å². The van der Waals surface area contributed by atoms with Crippen LogP contribution in [0.3, 0.4) is 0 Å². The first-order valence-corrected chi connectivity index (χ1v) is 12.4. The lowest BCUT2D eigenvalue weighted by atomic mass is 9.87. The topological polar surface area (TPSA) is 4.93 Å². The van der Waals surface area contributed by atoms with E-state index in [1.54, 1.807) is 0 Å². The molecular weight excluding hydrogens is 422 g/mol. The van der Waals surface area contributed by atoms with Crippen LogP contribution in [0.5, 0.6) is 0 Å². The lowest BCUT2D eigenvalue weighted by Gasteiger charge is -2.20. The van der Waals surface area contributed by atoms with Gasteiger partial charge in [-0.15, -0.1) is 0 Å². The Bertz CT molecular complexity index is 1910. The van der Waals surface area contributed by atoms with E-state index in [2.05, 4.69) is 135 Å². The van der Waals surface area contributed by atoms with Gasteiger partial charge in [-0.3, -0.25) is 0 Å². The lowest BCUT2D eigenvalue weighted by molar-refractivity contribution is 0.590. The fraction of sp³-hybridized carbons (Fsp3) is 0.118. The summed E-state index contributed by atoms with van der Waals surface area (Å²) in [7, 11) is 0. The fourth-order valence-corrected chi connectivity index (χ4v) is 5.74. The largest absolute Gasteiger partial charge is 0.309 e. The molecular formula is C34H27N. The molecule has 0 atom stereocenters. The molecule has 0 saturated heterocycles. The molecule has 7 rings (SSSR count). The van der Waals surface area contributed by atoms with Crippen LogP contribution in [0.1, 0.15) is 26.3 Å². The number of aromatic nitrogens is 1. The predicted molar refractivity (Wildman–Crippen MR) is 152 cm³/mol. The molecule has 0 unspecified atom stereocenters. The molecule has 1 heterocycles. The normalized spacial score (nSPS) is 12.4. The quantitative estimate of drug-likeness (QED) is 0.220. The van der Waals surface area contributed by atoms with Gasteiger partial charge in [0.25, 0.3) is 0 Å². The molecule has 0 saturated carbocycles. The number of nitrogens with zero attached hydrogens (tertiary/aromatic N) is 1.